The van der Waals surface area contributed by atoms with Crippen molar-refractivity contribution in [1.82, 2.24) is 0 Å². The molecule has 0 saturated carbocycles. The molecule has 19 heavy (non-hydrogen) atoms. The molecule has 1 N–H and O–H groups in total. The van der Waals surface area contributed by atoms with E-state index in [2.05, 4.69) is 0 Å². The predicted octanol–water partition coefficient (Wildman–Crippen LogP) is 2.30. The Labute approximate surface area is 112 Å². The molecule has 7 nitrogen and oxygen atoms in total. The minimum absolute atomic E-state index is 0.0457. The highest BCUT2D eigenvalue weighted by Gasteiger charge is 2.18. The van der Waals surface area contributed by atoms with E-state index in [9.17, 15) is 19.7 Å². The predicted molar refractivity (Wildman–Crippen MR) is 65.9 cm³/mol. The van der Waals surface area contributed by atoms with E-state index < -0.39 is 16.6 Å². The first kappa shape index (κ1) is 14.9. The number of carboxylic acid groups (broad SMARTS) is 1. The number of nitrogens with zero attached hydrogens (tertiary/aromatic N) is 1. The summed E-state index contributed by atoms with van der Waals surface area (Å²) in [4.78, 5) is 31.0. The highest BCUT2D eigenvalue weighted by Crippen LogP contribution is 2.31. The zero-order chi connectivity index (χ0) is 14.4. The lowest BCUT2D eigenvalue weighted by Gasteiger charge is -2.08. The van der Waals surface area contributed by atoms with Gasteiger partial charge in [-0.3, -0.25) is 19.7 Å². The van der Waals surface area contributed by atoms with E-state index in [-0.39, 0.29) is 35.8 Å². The van der Waals surface area contributed by atoms with Gasteiger partial charge in [0.25, 0.3) is 5.69 Å². The number of carboxylic acids is 1. The Hall–Kier alpha value is -2.15. The first-order valence-electron chi connectivity index (χ1n) is 5.23. The summed E-state index contributed by atoms with van der Waals surface area (Å²) in [7, 11) is 0. The Bertz CT molecular complexity index is 516. The summed E-state index contributed by atoms with van der Waals surface area (Å²) in [5.74, 6) is -0.915. The molecule has 0 heterocycles. The Morgan fingerprint density at radius 2 is 2.21 bits per heavy atom. The minimum atomic E-state index is -0.961. The number of carbonyl (C=O) groups is 2. The van der Waals surface area contributed by atoms with Gasteiger partial charge in [-0.1, -0.05) is 11.6 Å². The summed E-state index contributed by atoms with van der Waals surface area (Å²) < 4.78 is 5.16. The quantitative estimate of drug-likeness (QED) is 0.357. The van der Waals surface area contributed by atoms with Gasteiger partial charge < -0.3 is 9.84 Å². The number of aldehydes is 1. The molecule has 0 radical (unpaired) electrons. The number of halogens is 1. The molecule has 0 spiro atoms. The van der Waals surface area contributed by atoms with E-state index in [0.29, 0.717) is 6.29 Å². The van der Waals surface area contributed by atoms with Crippen LogP contribution in [-0.2, 0) is 4.79 Å². The van der Waals surface area contributed by atoms with Crippen molar-refractivity contribution in [3.05, 3.63) is 32.8 Å². The van der Waals surface area contributed by atoms with Crippen LogP contribution in [-0.4, -0.2) is 28.9 Å². The normalized spacial score (nSPS) is 9.95. The largest absolute Gasteiger partial charge is 0.492 e. The third-order valence-corrected chi connectivity index (χ3v) is 2.49. The molecule has 0 aliphatic rings. The van der Waals surface area contributed by atoms with Gasteiger partial charge in [0, 0.05) is 6.42 Å². The Balaban J connectivity index is 2.83. The van der Waals surface area contributed by atoms with Gasteiger partial charge in [0.15, 0.2) is 6.29 Å². The molecule has 0 saturated heterocycles. The van der Waals surface area contributed by atoms with Crippen LogP contribution in [0.4, 0.5) is 5.69 Å². The molecule has 0 amide bonds. The molecule has 8 heteroatoms. The molecule has 0 aliphatic heterocycles. The van der Waals surface area contributed by atoms with Crippen LogP contribution >= 0.6 is 11.6 Å². The first-order chi connectivity index (χ1) is 8.95. The molecule has 0 fully saturated rings. The number of carbonyl (C=O) groups excluding carboxylic acids is 1. The summed E-state index contributed by atoms with van der Waals surface area (Å²) in [5.41, 5.74) is -0.555. The number of hydrogen-bond donors (Lipinski definition) is 1. The molecule has 1 aromatic carbocycles. The Morgan fingerprint density at radius 1 is 1.53 bits per heavy atom. The average molecular weight is 288 g/mol. The zero-order valence-corrected chi connectivity index (χ0v) is 10.4. The summed E-state index contributed by atoms with van der Waals surface area (Å²) >= 11 is 5.80. The lowest BCUT2D eigenvalue weighted by molar-refractivity contribution is -0.385. The number of aliphatic carboxylic acids is 1. The number of ether oxygens (including phenoxy) is 1. The summed E-state index contributed by atoms with van der Waals surface area (Å²) in [6.07, 6.45) is 0.499. The van der Waals surface area contributed by atoms with E-state index in [4.69, 9.17) is 21.4 Å². The molecule has 0 aromatic heterocycles. The second kappa shape index (κ2) is 6.69. The van der Waals surface area contributed by atoms with E-state index >= 15 is 0 Å². The summed E-state index contributed by atoms with van der Waals surface area (Å²) in [6, 6.07) is 2.19. The third-order valence-electron chi connectivity index (χ3n) is 2.20. The van der Waals surface area contributed by atoms with Gasteiger partial charge in [-0.25, -0.2) is 0 Å². The SMILES string of the molecule is O=Cc1cc(Cl)c(OCCCC(=O)O)cc1[N+](=O)[O-]. The van der Waals surface area contributed by atoms with Gasteiger partial charge in [0.1, 0.15) is 5.75 Å². The highest BCUT2D eigenvalue weighted by atomic mass is 35.5. The van der Waals surface area contributed by atoms with Crippen molar-refractivity contribution in [3.63, 3.8) is 0 Å². The van der Waals surface area contributed by atoms with Crippen LogP contribution < -0.4 is 4.74 Å². The standard InChI is InChI=1S/C11H10ClNO6/c12-8-4-7(6-14)9(13(17)18)5-10(8)19-3-1-2-11(15)16/h4-6H,1-3H2,(H,15,16). The van der Waals surface area contributed by atoms with Crippen LogP contribution in [0.15, 0.2) is 12.1 Å². The molecule has 0 atom stereocenters. The molecule has 0 aliphatic carbocycles. The number of nitro benzene ring substituents is 1. The fourth-order valence-corrected chi connectivity index (χ4v) is 1.55. The van der Waals surface area contributed by atoms with Crippen molar-refractivity contribution < 1.29 is 24.4 Å². The molecular formula is C11H10ClNO6. The first-order valence-corrected chi connectivity index (χ1v) is 5.61. The monoisotopic (exact) mass is 287 g/mol. The van der Waals surface area contributed by atoms with Gasteiger partial charge in [0.2, 0.25) is 0 Å². The second-order valence-electron chi connectivity index (χ2n) is 3.56. The third kappa shape index (κ3) is 4.22. The van der Waals surface area contributed by atoms with Crippen LogP contribution in [0.3, 0.4) is 0 Å². The Morgan fingerprint density at radius 3 is 2.74 bits per heavy atom. The smallest absolute Gasteiger partial charge is 0.303 e. The van der Waals surface area contributed by atoms with Gasteiger partial charge in [-0.15, -0.1) is 0 Å². The van der Waals surface area contributed by atoms with Crippen LogP contribution in [0.1, 0.15) is 23.2 Å². The topological polar surface area (TPSA) is 107 Å². The molecular weight excluding hydrogens is 278 g/mol. The van der Waals surface area contributed by atoms with Crippen molar-refractivity contribution in [2.24, 2.45) is 0 Å². The van der Waals surface area contributed by atoms with E-state index in [1.807, 2.05) is 0 Å². The molecule has 102 valence electrons. The second-order valence-corrected chi connectivity index (χ2v) is 3.97. The fraction of sp³-hybridized carbons (Fsp3) is 0.273. The Kier molecular flexibility index (Phi) is 5.25. The fourth-order valence-electron chi connectivity index (χ4n) is 1.33. The van der Waals surface area contributed by atoms with Crippen molar-refractivity contribution in [2.45, 2.75) is 12.8 Å². The number of nitro groups is 1. The summed E-state index contributed by atoms with van der Waals surface area (Å²) in [5, 5.41) is 19.2. The van der Waals surface area contributed by atoms with Crippen molar-refractivity contribution in [2.75, 3.05) is 6.61 Å². The van der Waals surface area contributed by atoms with Crippen molar-refractivity contribution in [1.29, 1.82) is 0 Å². The zero-order valence-electron chi connectivity index (χ0n) is 9.67. The van der Waals surface area contributed by atoms with Crippen LogP contribution in [0.2, 0.25) is 5.02 Å². The molecule has 0 unspecified atom stereocenters. The lowest BCUT2D eigenvalue weighted by atomic mass is 10.2. The maximum absolute atomic E-state index is 10.7. The van der Waals surface area contributed by atoms with Crippen LogP contribution in [0, 0.1) is 10.1 Å². The lowest BCUT2D eigenvalue weighted by Crippen LogP contribution is -2.03. The van der Waals surface area contributed by atoms with Crippen LogP contribution in [0.25, 0.3) is 0 Å². The number of rotatable bonds is 7. The number of hydrogen-bond acceptors (Lipinski definition) is 5. The highest BCUT2D eigenvalue weighted by molar-refractivity contribution is 6.32. The van der Waals surface area contributed by atoms with E-state index in [1.165, 1.54) is 0 Å². The average Bonchev–Trinajstić information content (AvgIpc) is 2.34. The van der Waals surface area contributed by atoms with Crippen molar-refractivity contribution >= 4 is 29.5 Å². The van der Waals surface area contributed by atoms with Gasteiger partial charge in [-0.2, -0.15) is 0 Å². The number of benzene rings is 1. The van der Waals surface area contributed by atoms with Crippen molar-refractivity contribution in [3.8, 4) is 5.75 Å². The summed E-state index contributed by atoms with van der Waals surface area (Å²) in [6.45, 7) is 0.0591. The van der Waals surface area contributed by atoms with E-state index in [0.717, 1.165) is 12.1 Å². The van der Waals surface area contributed by atoms with Gasteiger partial charge in [0.05, 0.1) is 28.2 Å². The molecule has 1 aromatic rings. The van der Waals surface area contributed by atoms with Gasteiger partial charge in [-0.05, 0) is 12.5 Å². The van der Waals surface area contributed by atoms with Crippen LogP contribution in [0.5, 0.6) is 5.75 Å². The van der Waals surface area contributed by atoms with Gasteiger partial charge >= 0.3 is 5.97 Å². The molecule has 0 bridgehead atoms. The minimum Gasteiger partial charge on any atom is -0.492 e. The maximum Gasteiger partial charge on any atom is 0.303 e. The maximum atomic E-state index is 10.7. The molecule has 1 rings (SSSR count). The van der Waals surface area contributed by atoms with E-state index in [1.54, 1.807) is 0 Å².